The number of hydrogen-bond donors (Lipinski definition) is 1. The van der Waals surface area contributed by atoms with Gasteiger partial charge in [-0.3, -0.25) is 4.79 Å². The lowest BCUT2D eigenvalue weighted by atomic mass is 10.2. The third kappa shape index (κ3) is 2.74. The van der Waals surface area contributed by atoms with Gasteiger partial charge in [-0.15, -0.1) is 22.7 Å². The van der Waals surface area contributed by atoms with Crippen LogP contribution in [0.4, 0.5) is 5.69 Å². The first-order valence-electron chi connectivity index (χ1n) is 5.23. The number of nitrogens with zero attached hydrogens (tertiary/aromatic N) is 1. The van der Waals surface area contributed by atoms with Crippen molar-refractivity contribution in [2.75, 3.05) is 5.32 Å². The van der Waals surface area contributed by atoms with Crippen molar-refractivity contribution in [2.24, 2.45) is 0 Å². The maximum Gasteiger partial charge on any atom is 0.257 e. The number of rotatable bonds is 2. The number of nitrogens with one attached hydrogen (secondary N) is 1. The third-order valence-electron chi connectivity index (χ3n) is 2.49. The van der Waals surface area contributed by atoms with Crippen molar-refractivity contribution >= 4 is 76.3 Å². The van der Waals surface area contributed by atoms with Gasteiger partial charge in [0.05, 0.1) is 28.9 Å². The first-order valence-corrected chi connectivity index (χ1v) is 8.51. The highest BCUT2D eigenvalue weighted by molar-refractivity contribution is 9.12. The Morgan fingerprint density at radius 3 is 2.84 bits per heavy atom. The molecular weight excluding hydrogens is 412 g/mol. The van der Waals surface area contributed by atoms with E-state index in [1.807, 2.05) is 18.2 Å². The molecule has 96 valence electrons. The summed E-state index contributed by atoms with van der Waals surface area (Å²) in [6.45, 7) is 0. The van der Waals surface area contributed by atoms with E-state index in [1.165, 1.54) is 11.3 Å². The topological polar surface area (TPSA) is 42.0 Å². The van der Waals surface area contributed by atoms with Gasteiger partial charge in [-0.2, -0.15) is 0 Å². The van der Waals surface area contributed by atoms with Gasteiger partial charge in [0.2, 0.25) is 0 Å². The Morgan fingerprint density at radius 1 is 1.26 bits per heavy atom. The summed E-state index contributed by atoms with van der Waals surface area (Å²) in [6.07, 6.45) is 0. The Kier molecular flexibility index (Phi) is 3.70. The van der Waals surface area contributed by atoms with E-state index in [0.29, 0.717) is 5.56 Å². The van der Waals surface area contributed by atoms with Crippen molar-refractivity contribution in [1.29, 1.82) is 0 Å². The quantitative estimate of drug-likeness (QED) is 0.627. The van der Waals surface area contributed by atoms with E-state index in [9.17, 15) is 4.79 Å². The molecule has 0 radical (unpaired) electrons. The monoisotopic (exact) mass is 416 g/mol. The molecule has 0 saturated carbocycles. The molecule has 0 aliphatic carbocycles. The molecule has 0 bridgehead atoms. The fraction of sp³-hybridized carbons (Fsp3) is 0. The SMILES string of the molecule is O=C(Nc1ccc2ncsc2c1)c1cc(Br)sc1Br. The molecule has 2 aromatic heterocycles. The zero-order valence-electron chi connectivity index (χ0n) is 9.31. The minimum Gasteiger partial charge on any atom is -0.322 e. The lowest BCUT2D eigenvalue weighted by Crippen LogP contribution is -2.11. The van der Waals surface area contributed by atoms with E-state index < -0.39 is 0 Å². The molecule has 3 rings (SSSR count). The van der Waals surface area contributed by atoms with Crippen LogP contribution in [0, 0.1) is 0 Å². The average molecular weight is 418 g/mol. The Labute approximate surface area is 133 Å². The highest BCUT2D eigenvalue weighted by atomic mass is 79.9. The van der Waals surface area contributed by atoms with Crippen LogP contribution in [-0.2, 0) is 0 Å². The zero-order chi connectivity index (χ0) is 13.4. The first kappa shape index (κ1) is 13.2. The van der Waals surface area contributed by atoms with Crippen LogP contribution < -0.4 is 5.32 Å². The Morgan fingerprint density at radius 2 is 2.11 bits per heavy atom. The molecular formula is C12H6Br2N2OS2. The number of aromatic nitrogens is 1. The van der Waals surface area contributed by atoms with Crippen LogP contribution in [0.25, 0.3) is 10.2 Å². The molecule has 0 fully saturated rings. The Hall–Kier alpha value is -0.760. The molecule has 3 nitrogen and oxygen atoms in total. The lowest BCUT2D eigenvalue weighted by molar-refractivity contribution is 0.102. The number of thiophene rings is 1. The predicted octanol–water partition coefficient (Wildman–Crippen LogP) is 5.14. The standard InChI is InChI=1S/C12H6Br2N2OS2/c13-10-4-7(11(14)19-10)12(17)16-6-1-2-8-9(3-6)18-5-15-8/h1-5H,(H,16,17). The summed E-state index contributed by atoms with van der Waals surface area (Å²) in [5, 5.41) is 2.89. The largest absolute Gasteiger partial charge is 0.322 e. The molecule has 7 heteroatoms. The van der Waals surface area contributed by atoms with Gasteiger partial charge in [0.25, 0.3) is 5.91 Å². The Balaban J connectivity index is 1.88. The van der Waals surface area contributed by atoms with Gasteiger partial charge >= 0.3 is 0 Å². The number of amides is 1. The first-order chi connectivity index (χ1) is 9.13. The number of thiazole rings is 1. The molecule has 0 unspecified atom stereocenters. The highest BCUT2D eigenvalue weighted by Crippen LogP contribution is 2.32. The van der Waals surface area contributed by atoms with Crippen LogP contribution in [0.15, 0.2) is 37.3 Å². The van der Waals surface area contributed by atoms with Gasteiger partial charge in [0, 0.05) is 5.69 Å². The number of carbonyl (C=O) groups is 1. The van der Waals surface area contributed by atoms with Gasteiger partial charge in [-0.1, -0.05) is 0 Å². The number of anilines is 1. The van der Waals surface area contributed by atoms with Gasteiger partial charge in [0.1, 0.15) is 0 Å². The van der Waals surface area contributed by atoms with Crippen LogP contribution in [0.3, 0.4) is 0 Å². The summed E-state index contributed by atoms with van der Waals surface area (Å²) in [6, 6.07) is 7.49. The average Bonchev–Trinajstić information content (AvgIpc) is 2.94. The van der Waals surface area contributed by atoms with E-state index >= 15 is 0 Å². The van der Waals surface area contributed by atoms with Crippen molar-refractivity contribution < 1.29 is 4.79 Å². The van der Waals surface area contributed by atoms with Crippen LogP contribution in [-0.4, -0.2) is 10.9 Å². The van der Waals surface area contributed by atoms with Crippen LogP contribution >= 0.6 is 54.5 Å². The summed E-state index contributed by atoms with van der Waals surface area (Å²) in [7, 11) is 0. The maximum atomic E-state index is 12.2. The second-order valence-corrected chi connectivity index (χ2v) is 8.36. The lowest BCUT2D eigenvalue weighted by Gasteiger charge is -2.04. The number of halogens is 2. The molecule has 1 aromatic carbocycles. The van der Waals surface area contributed by atoms with E-state index in [0.717, 1.165) is 23.5 Å². The molecule has 19 heavy (non-hydrogen) atoms. The highest BCUT2D eigenvalue weighted by Gasteiger charge is 2.14. The van der Waals surface area contributed by atoms with Crippen molar-refractivity contribution in [2.45, 2.75) is 0 Å². The summed E-state index contributed by atoms with van der Waals surface area (Å²) in [5.74, 6) is -0.127. The molecule has 0 atom stereocenters. The van der Waals surface area contributed by atoms with Crippen molar-refractivity contribution in [3.63, 3.8) is 0 Å². The molecule has 1 N–H and O–H groups in total. The van der Waals surface area contributed by atoms with Crippen molar-refractivity contribution in [3.05, 3.63) is 42.9 Å². The summed E-state index contributed by atoms with van der Waals surface area (Å²) < 4.78 is 2.79. The van der Waals surface area contributed by atoms with E-state index in [-0.39, 0.29) is 5.91 Å². The smallest absolute Gasteiger partial charge is 0.257 e. The molecule has 3 aromatic rings. The molecule has 1 amide bonds. The van der Waals surface area contributed by atoms with Gasteiger partial charge in [0.15, 0.2) is 0 Å². The van der Waals surface area contributed by atoms with E-state index in [1.54, 1.807) is 22.9 Å². The van der Waals surface area contributed by atoms with E-state index in [4.69, 9.17) is 0 Å². The van der Waals surface area contributed by atoms with E-state index in [2.05, 4.69) is 42.2 Å². The molecule has 0 aliphatic rings. The van der Waals surface area contributed by atoms with Crippen molar-refractivity contribution in [3.8, 4) is 0 Å². The predicted molar refractivity (Wildman–Crippen MR) is 87.3 cm³/mol. The van der Waals surface area contributed by atoms with Crippen molar-refractivity contribution in [1.82, 2.24) is 4.98 Å². The zero-order valence-corrected chi connectivity index (χ0v) is 14.1. The van der Waals surface area contributed by atoms with Crippen LogP contribution in [0.1, 0.15) is 10.4 Å². The number of carbonyl (C=O) groups excluding carboxylic acids is 1. The number of hydrogen-bond acceptors (Lipinski definition) is 4. The summed E-state index contributed by atoms with van der Waals surface area (Å²) >= 11 is 9.78. The summed E-state index contributed by atoms with van der Waals surface area (Å²) in [5.41, 5.74) is 4.14. The fourth-order valence-electron chi connectivity index (χ4n) is 1.63. The molecule has 0 saturated heterocycles. The normalized spacial score (nSPS) is 10.8. The molecule has 0 aliphatic heterocycles. The second kappa shape index (κ2) is 5.32. The minimum absolute atomic E-state index is 0.127. The maximum absolute atomic E-state index is 12.2. The second-order valence-electron chi connectivity index (χ2n) is 3.73. The Bertz CT molecular complexity index is 766. The number of benzene rings is 1. The minimum atomic E-state index is -0.127. The third-order valence-corrected chi connectivity index (χ3v) is 5.62. The summed E-state index contributed by atoms with van der Waals surface area (Å²) in [4.78, 5) is 16.4. The van der Waals surface area contributed by atoms with Crippen LogP contribution in [0.2, 0.25) is 0 Å². The number of fused-ring (bicyclic) bond motifs is 1. The molecule has 0 spiro atoms. The molecule has 2 heterocycles. The van der Waals surface area contributed by atoms with Crippen LogP contribution in [0.5, 0.6) is 0 Å². The van der Waals surface area contributed by atoms with Gasteiger partial charge in [-0.25, -0.2) is 4.98 Å². The fourth-order valence-corrected chi connectivity index (χ4v) is 5.14. The van der Waals surface area contributed by atoms with Gasteiger partial charge < -0.3 is 5.32 Å². The van der Waals surface area contributed by atoms with Gasteiger partial charge in [-0.05, 0) is 56.1 Å².